The Kier molecular flexibility index (Phi) is 8.28. The summed E-state index contributed by atoms with van der Waals surface area (Å²) in [5.41, 5.74) is 5.45. The Morgan fingerprint density at radius 2 is 1.57 bits per heavy atom. The summed E-state index contributed by atoms with van der Waals surface area (Å²) < 4.78 is 34.2. The topological polar surface area (TPSA) is 95.1 Å². The van der Waals surface area contributed by atoms with E-state index in [0.29, 0.717) is 29.4 Å². The fourth-order valence-electron chi connectivity index (χ4n) is 2.60. The highest BCUT2D eigenvalue weighted by atomic mass is 19.1. The first-order valence-corrected chi connectivity index (χ1v) is 9.17. The Morgan fingerprint density at radius 3 is 2.10 bits per heavy atom. The molecule has 2 aromatic carbocycles. The summed E-state index contributed by atoms with van der Waals surface area (Å²) in [4.78, 5) is 24.1. The van der Waals surface area contributed by atoms with E-state index >= 15 is 0 Å². The molecule has 0 aliphatic carbocycles. The van der Waals surface area contributed by atoms with Gasteiger partial charge in [0.25, 0.3) is 5.91 Å². The molecule has 8 nitrogen and oxygen atoms in total. The zero-order valence-corrected chi connectivity index (χ0v) is 17.3. The number of amides is 2. The number of nitrogens with one attached hydrogen (secondary N) is 2. The fraction of sp³-hybridized carbons (Fsp3) is 0.333. The molecule has 162 valence electrons. The molecular formula is C21H25FN2O6. The fourth-order valence-corrected chi connectivity index (χ4v) is 2.60. The van der Waals surface area contributed by atoms with Crippen LogP contribution in [0.5, 0.6) is 23.0 Å². The largest absolute Gasteiger partial charge is 0.493 e. The van der Waals surface area contributed by atoms with Gasteiger partial charge in [-0.2, -0.15) is 0 Å². The van der Waals surface area contributed by atoms with Crippen LogP contribution < -0.4 is 29.8 Å². The minimum Gasteiger partial charge on any atom is -0.493 e. The minimum absolute atomic E-state index is 0.117. The van der Waals surface area contributed by atoms with Gasteiger partial charge >= 0.3 is 0 Å². The average molecular weight is 420 g/mol. The summed E-state index contributed by atoms with van der Waals surface area (Å²) in [7, 11) is 4.54. The van der Waals surface area contributed by atoms with Gasteiger partial charge in [-0.25, -0.2) is 4.39 Å². The van der Waals surface area contributed by atoms with E-state index in [1.807, 2.05) is 0 Å². The number of methoxy groups -OCH3 is 3. The number of rotatable bonds is 9. The van der Waals surface area contributed by atoms with Crippen LogP contribution in [0.3, 0.4) is 0 Å². The number of benzene rings is 2. The molecular weight excluding hydrogens is 395 g/mol. The van der Waals surface area contributed by atoms with Gasteiger partial charge in [0.2, 0.25) is 11.7 Å². The van der Waals surface area contributed by atoms with Gasteiger partial charge in [0.15, 0.2) is 17.6 Å². The van der Waals surface area contributed by atoms with Gasteiger partial charge in [0, 0.05) is 6.42 Å². The number of ether oxygens (including phenoxy) is 4. The van der Waals surface area contributed by atoms with E-state index in [1.165, 1.54) is 52.5 Å². The number of hydrazine groups is 1. The van der Waals surface area contributed by atoms with Crippen LogP contribution in [0.1, 0.15) is 18.9 Å². The lowest BCUT2D eigenvalue weighted by molar-refractivity contribution is -0.132. The lowest BCUT2D eigenvalue weighted by atomic mass is 10.1. The molecule has 9 heteroatoms. The number of aryl methyl sites for hydroxylation is 1. The van der Waals surface area contributed by atoms with Crippen molar-refractivity contribution in [2.24, 2.45) is 0 Å². The molecule has 0 bridgehead atoms. The second-order valence-electron chi connectivity index (χ2n) is 6.29. The van der Waals surface area contributed by atoms with Crippen LogP contribution in [0.25, 0.3) is 0 Å². The zero-order valence-electron chi connectivity index (χ0n) is 17.3. The van der Waals surface area contributed by atoms with E-state index in [2.05, 4.69) is 10.9 Å². The van der Waals surface area contributed by atoms with E-state index < -0.39 is 17.8 Å². The maximum Gasteiger partial charge on any atom is 0.279 e. The average Bonchev–Trinajstić information content (AvgIpc) is 2.76. The van der Waals surface area contributed by atoms with Crippen LogP contribution in [0.15, 0.2) is 36.4 Å². The van der Waals surface area contributed by atoms with E-state index in [1.54, 1.807) is 12.1 Å². The molecule has 1 atom stereocenters. The molecule has 0 spiro atoms. The van der Waals surface area contributed by atoms with Gasteiger partial charge < -0.3 is 18.9 Å². The molecule has 30 heavy (non-hydrogen) atoms. The number of halogens is 1. The van der Waals surface area contributed by atoms with Crippen LogP contribution in [-0.2, 0) is 16.0 Å². The predicted molar refractivity (Wildman–Crippen MR) is 107 cm³/mol. The number of carbonyl (C=O) groups is 2. The van der Waals surface area contributed by atoms with Gasteiger partial charge in [0.05, 0.1) is 21.3 Å². The summed E-state index contributed by atoms with van der Waals surface area (Å²) >= 11 is 0. The first-order chi connectivity index (χ1) is 14.4. The number of hydrogen-bond acceptors (Lipinski definition) is 6. The molecule has 2 N–H and O–H groups in total. The Hall–Kier alpha value is -3.49. The summed E-state index contributed by atoms with van der Waals surface area (Å²) in [6.45, 7) is 1.51. The second kappa shape index (κ2) is 10.9. The van der Waals surface area contributed by atoms with Gasteiger partial charge in [-0.1, -0.05) is 0 Å². The predicted octanol–water partition coefficient (Wildman–Crippen LogP) is 2.40. The monoisotopic (exact) mass is 420 g/mol. The van der Waals surface area contributed by atoms with Crippen molar-refractivity contribution in [2.75, 3.05) is 21.3 Å². The van der Waals surface area contributed by atoms with Gasteiger partial charge in [-0.15, -0.1) is 0 Å². The van der Waals surface area contributed by atoms with Gasteiger partial charge in [-0.3, -0.25) is 20.4 Å². The van der Waals surface area contributed by atoms with Gasteiger partial charge in [-0.05, 0) is 55.3 Å². The Morgan fingerprint density at radius 1 is 0.967 bits per heavy atom. The molecule has 0 unspecified atom stereocenters. The molecule has 0 fully saturated rings. The Balaban J connectivity index is 1.84. The van der Waals surface area contributed by atoms with Crippen molar-refractivity contribution in [3.8, 4) is 23.0 Å². The lowest BCUT2D eigenvalue weighted by Gasteiger charge is -2.15. The van der Waals surface area contributed by atoms with Crippen molar-refractivity contribution < 1.29 is 32.9 Å². The third-order valence-corrected chi connectivity index (χ3v) is 4.19. The van der Waals surface area contributed by atoms with Crippen molar-refractivity contribution >= 4 is 11.8 Å². The molecule has 0 aliphatic rings. The van der Waals surface area contributed by atoms with E-state index in [-0.39, 0.29) is 12.3 Å². The van der Waals surface area contributed by atoms with Crippen LogP contribution in [0, 0.1) is 5.82 Å². The molecule has 0 aromatic heterocycles. The second-order valence-corrected chi connectivity index (χ2v) is 6.29. The van der Waals surface area contributed by atoms with Crippen molar-refractivity contribution in [3.05, 3.63) is 47.8 Å². The van der Waals surface area contributed by atoms with Crippen LogP contribution in [0.4, 0.5) is 4.39 Å². The molecule has 0 aliphatic heterocycles. The highest BCUT2D eigenvalue weighted by Crippen LogP contribution is 2.38. The third-order valence-electron chi connectivity index (χ3n) is 4.19. The Labute approximate surface area is 174 Å². The standard InChI is InChI=1S/C21H25FN2O6/c1-13(30-16-8-6-15(22)7-9-16)21(26)24-23-19(25)10-5-14-11-17(27-2)20(29-4)18(12-14)28-3/h6-9,11-13H,5,10H2,1-4H3,(H,23,25)(H,24,26)/t13-/m0/s1. The summed E-state index contributed by atoms with van der Waals surface area (Å²) in [5, 5.41) is 0. The summed E-state index contributed by atoms with van der Waals surface area (Å²) in [6.07, 6.45) is -0.377. The molecule has 0 radical (unpaired) electrons. The molecule has 2 rings (SSSR count). The van der Waals surface area contributed by atoms with E-state index in [9.17, 15) is 14.0 Å². The number of carbonyl (C=O) groups excluding carboxylic acids is 2. The van der Waals surface area contributed by atoms with E-state index in [4.69, 9.17) is 18.9 Å². The first-order valence-electron chi connectivity index (χ1n) is 9.17. The molecule has 2 amide bonds. The third kappa shape index (κ3) is 6.26. The zero-order chi connectivity index (χ0) is 22.1. The SMILES string of the molecule is COc1cc(CCC(=O)NNC(=O)[C@H](C)Oc2ccc(F)cc2)cc(OC)c1OC. The molecule has 2 aromatic rings. The normalized spacial score (nSPS) is 11.2. The molecule has 0 heterocycles. The quantitative estimate of drug-likeness (QED) is 0.605. The highest BCUT2D eigenvalue weighted by molar-refractivity contribution is 5.84. The van der Waals surface area contributed by atoms with Crippen molar-refractivity contribution in [1.29, 1.82) is 0 Å². The van der Waals surface area contributed by atoms with Crippen LogP contribution >= 0.6 is 0 Å². The van der Waals surface area contributed by atoms with E-state index in [0.717, 1.165) is 5.56 Å². The summed E-state index contributed by atoms with van der Waals surface area (Å²) in [6, 6.07) is 8.79. The minimum atomic E-state index is -0.883. The van der Waals surface area contributed by atoms with Crippen molar-refractivity contribution in [3.63, 3.8) is 0 Å². The maximum absolute atomic E-state index is 12.9. The van der Waals surface area contributed by atoms with Gasteiger partial charge in [0.1, 0.15) is 11.6 Å². The molecule has 0 saturated heterocycles. The molecule has 0 saturated carbocycles. The smallest absolute Gasteiger partial charge is 0.279 e. The van der Waals surface area contributed by atoms with Crippen LogP contribution in [-0.4, -0.2) is 39.2 Å². The lowest BCUT2D eigenvalue weighted by Crippen LogP contribution is -2.47. The maximum atomic E-state index is 12.9. The van der Waals surface area contributed by atoms with Crippen molar-refractivity contribution in [2.45, 2.75) is 25.9 Å². The highest BCUT2D eigenvalue weighted by Gasteiger charge is 2.16. The Bertz CT molecular complexity index is 847. The summed E-state index contributed by atoms with van der Waals surface area (Å²) in [5.74, 6) is 0.466. The van der Waals surface area contributed by atoms with Crippen molar-refractivity contribution in [1.82, 2.24) is 10.9 Å². The number of hydrogen-bond donors (Lipinski definition) is 2. The first kappa shape index (κ1) is 22.8. The van der Waals surface area contributed by atoms with Crippen LogP contribution in [0.2, 0.25) is 0 Å².